The summed E-state index contributed by atoms with van der Waals surface area (Å²) in [6.45, 7) is 22.9. The molecule has 0 unspecified atom stereocenters. The molecular weight excluding hydrogens is 658 g/mol. The molecule has 294 valence electrons. The molecule has 2 fully saturated rings. The van der Waals surface area contributed by atoms with Crippen molar-refractivity contribution in [3.63, 3.8) is 0 Å². The van der Waals surface area contributed by atoms with E-state index in [9.17, 15) is 24.0 Å². The van der Waals surface area contributed by atoms with Crippen molar-refractivity contribution in [2.45, 2.75) is 172 Å². The average Bonchev–Trinajstić information content (AvgIpc) is 3.00. The summed E-state index contributed by atoms with van der Waals surface area (Å²) in [5, 5.41) is 9.10. The Morgan fingerprint density at radius 2 is 1.24 bits per heavy atom. The van der Waals surface area contributed by atoms with Gasteiger partial charge in [0.25, 0.3) is 0 Å². The smallest absolute Gasteiger partial charge is 0.311 e. The molecule has 1 N–H and O–H groups in total. The number of hydrogen-bond acceptors (Lipinski definition) is 12. The summed E-state index contributed by atoms with van der Waals surface area (Å²) in [6, 6.07) is -0.298. The van der Waals surface area contributed by atoms with E-state index in [2.05, 4.69) is 0 Å². The minimum atomic E-state index is -1.35. The van der Waals surface area contributed by atoms with Gasteiger partial charge in [0.15, 0.2) is 24.5 Å². The fraction of sp³-hybridized carbons (Fsp3) is 0.872. The van der Waals surface area contributed by atoms with Gasteiger partial charge in [0.05, 0.1) is 21.7 Å². The van der Waals surface area contributed by atoms with Crippen molar-refractivity contribution >= 4 is 29.7 Å². The maximum Gasteiger partial charge on any atom is 0.311 e. The number of esters is 4. The van der Waals surface area contributed by atoms with E-state index in [-0.39, 0.29) is 50.3 Å². The van der Waals surface area contributed by atoms with Crippen LogP contribution in [0.4, 0.5) is 0 Å². The van der Waals surface area contributed by atoms with Crippen LogP contribution in [0, 0.1) is 27.6 Å². The van der Waals surface area contributed by atoms with Gasteiger partial charge < -0.3 is 28.8 Å². The first kappa shape index (κ1) is 44.6. The largest absolute Gasteiger partial charge is 0.462 e. The van der Waals surface area contributed by atoms with Gasteiger partial charge in [0.1, 0.15) is 18.5 Å². The Hall–Kier alpha value is -2.57. The van der Waals surface area contributed by atoms with E-state index in [4.69, 9.17) is 28.8 Å². The average molecular weight is 726 g/mol. The number of likely N-dealkylation sites (tertiary alicyclic amines) is 1. The zero-order valence-electron chi connectivity index (χ0n) is 33.6. The van der Waals surface area contributed by atoms with Crippen LogP contribution in [0.15, 0.2) is 0 Å². The Kier molecular flexibility index (Phi) is 15.7. The molecule has 0 bridgehead atoms. The maximum atomic E-state index is 13.7. The molecule has 0 amide bonds. The van der Waals surface area contributed by atoms with Crippen LogP contribution in [0.2, 0.25) is 0 Å². The fourth-order valence-corrected chi connectivity index (χ4v) is 5.89. The summed E-state index contributed by atoms with van der Waals surface area (Å²) in [6.07, 6.45) is -1.86. The second-order valence-corrected chi connectivity index (χ2v) is 18.3. The number of Topliss-reactive ketones (excluding diaryl/α,β-unsaturated/α-hetero) is 1. The van der Waals surface area contributed by atoms with E-state index >= 15 is 0 Å². The lowest BCUT2D eigenvalue weighted by Gasteiger charge is -2.52. The second kappa shape index (κ2) is 18.0. The van der Waals surface area contributed by atoms with Gasteiger partial charge >= 0.3 is 23.9 Å². The molecule has 0 saturated carbocycles. The van der Waals surface area contributed by atoms with Crippen molar-refractivity contribution in [3.05, 3.63) is 0 Å². The maximum absolute atomic E-state index is 13.7. The molecule has 0 aromatic carbocycles. The molecular formula is C39H67NO11. The predicted molar refractivity (Wildman–Crippen MR) is 191 cm³/mol. The minimum absolute atomic E-state index is 0.00158. The molecule has 12 heteroatoms. The first-order valence-corrected chi connectivity index (χ1v) is 18.7. The molecule has 0 radical (unpaired) electrons. The number of ketones is 1. The van der Waals surface area contributed by atoms with Gasteiger partial charge in [0, 0.05) is 32.0 Å². The SMILES string of the molecule is CC(C)[C@@H]1CC(=O)CCN1[C@@H]1O[C@H](COC(=O)C(C)(C)CCCCCCO)[C@H](OC(=O)C(C)(C)C)[C@H](OC(=O)C(C)(C)C)[C@H]1OC(=O)C(C)(C)C. The number of hydrogen-bond donors (Lipinski definition) is 1. The van der Waals surface area contributed by atoms with Gasteiger partial charge in [-0.15, -0.1) is 0 Å². The zero-order valence-corrected chi connectivity index (χ0v) is 33.6. The van der Waals surface area contributed by atoms with E-state index in [1.165, 1.54) is 0 Å². The molecule has 2 rings (SSSR count). The predicted octanol–water partition coefficient (Wildman–Crippen LogP) is 5.79. The summed E-state index contributed by atoms with van der Waals surface area (Å²) in [7, 11) is 0. The number of nitrogens with zero attached hydrogens (tertiary/aromatic N) is 1. The number of ether oxygens (including phenoxy) is 5. The van der Waals surface area contributed by atoms with Gasteiger partial charge in [-0.1, -0.05) is 33.1 Å². The Morgan fingerprint density at radius 3 is 1.73 bits per heavy atom. The summed E-state index contributed by atoms with van der Waals surface area (Å²) >= 11 is 0. The highest BCUT2D eigenvalue weighted by Crippen LogP contribution is 2.38. The summed E-state index contributed by atoms with van der Waals surface area (Å²) in [5.74, 6) is -2.19. The number of carbonyl (C=O) groups is 5. The molecule has 2 heterocycles. The lowest BCUT2D eigenvalue weighted by Crippen LogP contribution is -2.69. The van der Waals surface area contributed by atoms with Crippen molar-refractivity contribution in [1.82, 2.24) is 4.90 Å². The van der Waals surface area contributed by atoms with Crippen molar-refractivity contribution < 1.29 is 52.8 Å². The van der Waals surface area contributed by atoms with Crippen LogP contribution >= 0.6 is 0 Å². The number of unbranched alkanes of at least 4 members (excludes halogenated alkanes) is 3. The van der Waals surface area contributed by atoms with E-state index in [0.29, 0.717) is 12.8 Å². The van der Waals surface area contributed by atoms with E-state index < -0.39 is 76.2 Å². The summed E-state index contributed by atoms with van der Waals surface area (Å²) in [5.41, 5.74) is -3.75. The number of rotatable bonds is 14. The van der Waals surface area contributed by atoms with E-state index in [1.807, 2.05) is 18.7 Å². The number of aliphatic hydroxyl groups is 1. The first-order chi connectivity index (χ1) is 23.3. The third-order valence-electron chi connectivity index (χ3n) is 9.43. The highest BCUT2D eigenvalue weighted by molar-refractivity contribution is 5.80. The van der Waals surface area contributed by atoms with Crippen molar-refractivity contribution in [1.29, 1.82) is 0 Å². The molecule has 0 aliphatic carbocycles. The van der Waals surface area contributed by atoms with Crippen LogP contribution in [-0.4, -0.2) is 96.1 Å². The lowest BCUT2D eigenvalue weighted by atomic mass is 9.86. The first-order valence-electron chi connectivity index (χ1n) is 18.7. The molecule has 0 aromatic rings. The third kappa shape index (κ3) is 12.8. The van der Waals surface area contributed by atoms with Crippen molar-refractivity contribution in [2.24, 2.45) is 27.6 Å². The van der Waals surface area contributed by atoms with Crippen LogP contribution in [0.5, 0.6) is 0 Å². The lowest BCUT2D eigenvalue weighted by molar-refractivity contribution is -0.290. The van der Waals surface area contributed by atoms with Crippen molar-refractivity contribution in [3.8, 4) is 0 Å². The Bertz CT molecular complexity index is 1210. The topological polar surface area (TPSA) is 155 Å². The van der Waals surface area contributed by atoms with Gasteiger partial charge in [-0.3, -0.25) is 28.9 Å². The Morgan fingerprint density at radius 1 is 0.745 bits per heavy atom. The highest BCUT2D eigenvalue weighted by atomic mass is 16.7. The Balaban J connectivity index is 2.69. The fourth-order valence-electron chi connectivity index (χ4n) is 5.89. The van der Waals surface area contributed by atoms with Crippen LogP contribution in [0.1, 0.15) is 135 Å². The van der Waals surface area contributed by atoms with Gasteiger partial charge in [-0.2, -0.15) is 0 Å². The van der Waals surface area contributed by atoms with Gasteiger partial charge in [-0.25, -0.2) is 0 Å². The van der Waals surface area contributed by atoms with E-state index in [0.717, 1.165) is 19.3 Å². The van der Waals surface area contributed by atoms with Crippen LogP contribution < -0.4 is 0 Å². The van der Waals surface area contributed by atoms with Crippen LogP contribution in [0.25, 0.3) is 0 Å². The number of carbonyl (C=O) groups excluding carboxylic acids is 5. The quantitative estimate of drug-likeness (QED) is 0.131. The standard InChI is InChI=1S/C39H67NO11/c1-24(2)26-22-25(42)18-20-40(26)31-30(51-34(45)38(9,10)11)29(50-33(44)37(6,7)8)28(49-32(43)36(3,4)5)27(48-31)23-47-35(46)39(12,13)19-16-14-15-17-21-41/h24,26-31,41H,14-23H2,1-13H3/t26-,27+,28-,29-,30+,31+/m0/s1. The normalized spacial score (nSPS) is 25.4. The zero-order chi connectivity index (χ0) is 39.1. The van der Waals surface area contributed by atoms with Gasteiger partial charge in [-0.05, 0) is 94.9 Å². The summed E-state index contributed by atoms with van der Waals surface area (Å²) in [4.78, 5) is 69.0. The second-order valence-electron chi connectivity index (χ2n) is 18.3. The van der Waals surface area contributed by atoms with E-state index in [1.54, 1.807) is 76.2 Å². The van der Waals surface area contributed by atoms with Crippen LogP contribution in [-0.2, 0) is 47.7 Å². The Labute approximate surface area is 306 Å². The van der Waals surface area contributed by atoms with Crippen LogP contribution in [0.3, 0.4) is 0 Å². The number of piperidine rings is 1. The molecule has 0 aromatic heterocycles. The molecule has 12 nitrogen and oxygen atoms in total. The molecule has 2 saturated heterocycles. The molecule has 51 heavy (non-hydrogen) atoms. The monoisotopic (exact) mass is 725 g/mol. The highest BCUT2D eigenvalue weighted by Gasteiger charge is 2.57. The summed E-state index contributed by atoms with van der Waals surface area (Å²) < 4.78 is 31.2. The minimum Gasteiger partial charge on any atom is -0.462 e. The number of aliphatic hydroxyl groups excluding tert-OH is 1. The molecule has 0 spiro atoms. The molecule has 2 aliphatic rings. The molecule has 2 aliphatic heterocycles. The van der Waals surface area contributed by atoms with Gasteiger partial charge in [0.2, 0.25) is 0 Å². The molecule has 6 atom stereocenters. The van der Waals surface area contributed by atoms with Crippen molar-refractivity contribution in [2.75, 3.05) is 19.8 Å². The third-order valence-corrected chi connectivity index (χ3v) is 9.43.